The average molecular weight is 361 g/mol. The smallest absolute Gasteiger partial charge is 0.265 e. The summed E-state index contributed by atoms with van der Waals surface area (Å²) in [5.74, 6) is -1.55. The molecule has 25 heavy (non-hydrogen) atoms. The number of nitrogens with one attached hydrogen (secondary N) is 1. The standard InChI is InChI=1S/C18H20FN3O2S/c1-2-22-17(24)14(16(23)20-18(22)25)10-12-6-7-13(11-15(12)19)21-8-4-3-5-9-21/h6-7,10-11H,2-5,8-9H2,1H3,(H,20,23,25)/b14-10+. The highest BCUT2D eigenvalue weighted by Gasteiger charge is 2.32. The van der Waals surface area contributed by atoms with E-state index in [0.717, 1.165) is 31.6 Å². The van der Waals surface area contributed by atoms with E-state index in [1.807, 2.05) is 6.07 Å². The molecule has 1 aromatic carbocycles. The molecule has 0 spiro atoms. The number of hydrogen-bond donors (Lipinski definition) is 1. The quantitative estimate of drug-likeness (QED) is 0.511. The van der Waals surface area contributed by atoms with Crippen molar-refractivity contribution in [3.05, 3.63) is 35.2 Å². The van der Waals surface area contributed by atoms with Gasteiger partial charge in [-0.25, -0.2) is 4.39 Å². The molecule has 7 heteroatoms. The number of halogens is 1. The largest absolute Gasteiger partial charge is 0.371 e. The molecule has 0 saturated carbocycles. The van der Waals surface area contributed by atoms with Crippen LogP contribution in [0.2, 0.25) is 0 Å². The van der Waals surface area contributed by atoms with Gasteiger partial charge in [-0.2, -0.15) is 0 Å². The Bertz CT molecular complexity index is 757. The number of carbonyl (C=O) groups excluding carboxylic acids is 2. The minimum Gasteiger partial charge on any atom is -0.371 e. The van der Waals surface area contributed by atoms with Gasteiger partial charge in [0.2, 0.25) is 0 Å². The van der Waals surface area contributed by atoms with Crippen LogP contribution in [0.5, 0.6) is 0 Å². The molecule has 0 aromatic heterocycles. The number of nitrogens with zero attached hydrogens (tertiary/aromatic N) is 2. The van der Waals surface area contributed by atoms with Gasteiger partial charge in [-0.3, -0.25) is 19.8 Å². The molecule has 0 aliphatic carbocycles. The Morgan fingerprint density at radius 3 is 2.60 bits per heavy atom. The maximum absolute atomic E-state index is 14.5. The van der Waals surface area contributed by atoms with Crippen LogP contribution in [0.15, 0.2) is 23.8 Å². The van der Waals surface area contributed by atoms with Gasteiger partial charge in [0.15, 0.2) is 5.11 Å². The molecule has 1 N–H and O–H groups in total. The molecular weight excluding hydrogens is 341 g/mol. The fraction of sp³-hybridized carbons (Fsp3) is 0.389. The highest BCUT2D eigenvalue weighted by Crippen LogP contribution is 2.24. The number of anilines is 1. The molecule has 2 saturated heterocycles. The lowest BCUT2D eigenvalue weighted by Crippen LogP contribution is -2.53. The summed E-state index contributed by atoms with van der Waals surface area (Å²) in [4.78, 5) is 27.9. The third kappa shape index (κ3) is 3.56. The molecule has 2 fully saturated rings. The summed E-state index contributed by atoms with van der Waals surface area (Å²) >= 11 is 4.98. The lowest BCUT2D eigenvalue weighted by Gasteiger charge is -2.29. The predicted molar refractivity (Wildman–Crippen MR) is 98.6 cm³/mol. The number of amides is 2. The lowest BCUT2D eigenvalue weighted by molar-refractivity contribution is -0.128. The molecule has 0 bridgehead atoms. The van der Waals surface area contributed by atoms with Crippen molar-refractivity contribution in [1.82, 2.24) is 10.2 Å². The van der Waals surface area contributed by atoms with E-state index in [1.165, 1.54) is 23.5 Å². The van der Waals surface area contributed by atoms with Crippen molar-refractivity contribution >= 4 is 40.9 Å². The third-order valence-electron chi connectivity index (χ3n) is 4.51. The Labute approximate surface area is 151 Å². The van der Waals surface area contributed by atoms with Crippen LogP contribution in [0.1, 0.15) is 31.7 Å². The van der Waals surface area contributed by atoms with Crippen LogP contribution >= 0.6 is 12.2 Å². The number of thiocarbonyl (C=S) groups is 1. The SMILES string of the molecule is CCN1C(=O)/C(=C/c2ccc(N3CCCCC3)cc2F)C(=O)NC1=S. The topological polar surface area (TPSA) is 52.7 Å². The van der Waals surface area contributed by atoms with Crippen molar-refractivity contribution in [1.29, 1.82) is 0 Å². The summed E-state index contributed by atoms with van der Waals surface area (Å²) in [6.07, 6.45) is 4.71. The summed E-state index contributed by atoms with van der Waals surface area (Å²) in [5, 5.41) is 2.54. The summed E-state index contributed by atoms with van der Waals surface area (Å²) < 4.78 is 14.5. The van der Waals surface area contributed by atoms with Crippen LogP contribution in [-0.2, 0) is 9.59 Å². The van der Waals surface area contributed by atoms with Crippen LogP contribution in [-0.4, -0.2) is 41.5 Å². The van der Waals surface area contributed by atoms with Crippen LogP contribution in [0.3, 0.4) is 0 Å². The Balaban J connectivity index is 1.88. The molecule has 132 valence electrons. The van der Waals surface area contributed by atoms with Gasteiger partial charge in [0.1, 0.15) is 11.4 Å². The zero-order valence-electron chi connectivity index (χ0n) is 14.0. The van der Waals surface area contributed by atoms with Crippen molar-refractivity contribution < 1.29 is 14.0 Å². The van der Waals surface area contributed by atoms with Crippen molar-refractivity contribution in [3.63, 3.8) is 0 Å². The van der Waals surface area contributed by atoms with Crippen LogP contribution < -0.4 is 10.2 Å². The zero-order valence-corrected chi connectivity index (χ0v) is 14.9. The van der Waals surface area contributed by atoms with Crippen LogP contribution in [0.4, 0.5) is 10.1 Å². The average Bonchev–Trinajstić information content (AvgIpc) is 2.60. The maximum Gasteiger partial charge on any atom is 0.265 e. The van der Waals surface area contributed by atoms with Crippen molar-refractivity contribution in [2.24, 2.45) is 0 Å². The molecule has 0 unspecified atom stereocenters. The Morgan fingerprint density at radius 2 is 1.96 bits per heavy atom. The van der Waals surface area contributed by atoms with Crippen molar-refractivity contribution in [2.75, 3.05) is 24.5 Å². The van der Waals surface area contributed by atoms with Crippen LogP contribution in [0, 0.1) is 5.82 Å². The molecular formula is C18H20FN3O2S. The van der Waals surface area contributed by atoms with Gasteiger partial charge in [-0.1, -0.05) is 0 Å². The normalized spacial score (nSPS) is 20.2. The van der Waals surface area contributed by atoms with E-state index >= 15 is 0 Å². The first-order valence-corrected chi connectivity index (χ1v) is 8.85. The second-order valence-corrected chi connectivity index (χ2v) is 6.51. The molecule has 2 heterocycles. The number of piperidine rings is 1. The molecule has 2 aliphatic heterocycles. The minimum atomic E-state index is -0.598. The van der Waals surface area contributed by atoms with E-state index in [9.17, 15) is 14.0 Å². The summed E-state index contributed by atoms with van der Waals surface area (Å²) in [7, 11) is 0. The molecule has 3 rings (SSSR count). The lowest BCUT2D eigenvalue weighted by atomic mass is 10.1. The Kier molecular flexibility index (Phi) is 5.13. The molecule has 2 amide bonds. The van der Waals surface area contributed by atoms with E-state index in [1.54, 1.807) is 13.0 Å². The first kappa shape index (κ1) is 17.5. The zero-order chi connectivity index (χ0) is 18.0. The number of likely N-dealkylation sites (N-methyl/N-ethyl adjacent to an activating group) is 1. The van der Waals surface area contributed by atoms with Crippen molar-refractivity contribution in [2.45, 2.75) is 26.2 Å². The van der Waals surface area contributed by atoms with Crippen LogP contribution in [0.25, 0.3) is 6.08 Å². The molecule has 0 radical (unpaired) electrons. The van der Waals surface area contributed by atoms with Gasteiger partial charge in [0, 0.05) is 30.9 Å². The van der Waals surface area contributed by atoms with Gasteiger partial charge < -0.3 is 4.90 Å². The van der Waals surface area contributed by atoms with E-state index in [2.05, 4.69) is 10.2 Å². The van der Waals surface area contributed by atoms with Gasteiger partial charge in [0.25, 0.3) is 11.8 Å². The number of benzene rings is 1. The van der Waals surface area contributed by atoms with E-state index in [-0.39, 0.29) is 16.2 Å². The van der Waals surface area contributed by atoms with Gasteiger partial charge in [-0.05, 0) is 62.7 Å². The summed E-state index contributed by atoms with van der Waals surface area (Å²) in [6.45, 7) is 3.94. The molecule has 2 aliphatic rings. The fourth-order valence-electron chi connectivity index (χ4n) is 3.12. The number of hydrogen-bond acceptors (Lipinski definition) is 4. The monoisotopic (exact) mass is 361 g/mol. The van der Waals surface area contributed by atoms with Gasteiger partial charge >= 0.3 is 0 Å². The van der Waals surface area contributed by atoms with Gasteiger partial charge in [0.05, 0.1) is 0 Å². The van der Waals surface area contributed by atoms with E-state index in [4.69, 9.17) is 12.2 Å². The second-order valence-electron chi connectivity index (χ2n) is 6.12. The highest BCUT2D eigenvalue weighted by molar-refractivity contribution is 7.80. The highest BCUT2D eigenvalue weighted by atomic mass is 32.1. The second kappa shape index (κ2) is 7.31. The molecule has 5 nitrogen and oxygen atoms in total. The Hall–Kier alpha value is -2.28. The Morgan fingerprint density at radius 1 is 1.24 bits per heavy atom. The molecule has 1 aromatic rings. The van der Waals surface area contributed by atoms with E-state index < -0.39 is 17.6 Å². The summed E-state index contributed by atoms with van der Waals surface area (Å²) in [5.41, 5.74) is 0.929. The van der Waals surface area contributed by atoms with Crippen molar-refractivity contribution in [3.8, 4) is 0 Å². The maximum atomic E-state index is 14.5. The first-order chi connectivity index (χ1) is 12.0. The fourth-order valence-corrected chi connectivity index (χ4v) is 3.42. The minimum absolute atomic E-state index is 0.0792. The predicted octanol–water partition coefficient (Wildman–Crippen LogP) is 2.46. The number of rotatable bonds is 3. The van der Waals surface area contributed by atoms with Gasteiger partial charge in [-0.15, -0.1) is 0 Å². The number of carbonyl (C=O) groups is 2. The molecule has 0 atom stereocenters. The van der Waals surface area contributed by atoms with E-state index in [0.29, 0.717) is 6.54 Å². The first-order valence-electron chi connectivity index (χ1n) is 8.44. The third-order valence-corrected chi connectivity index (χ3v) is 4.83. The summed E-state index contributed by atoms with van der Waals surface area (Å²) in [6, 6.07) is 4.90.